The van der Waals surface area contributed by atoms with Gasteiger partial charge in [0.1, 0.15) is 5.69 Å². The van der Waals surface area contributed by atoms with E-state index in [-0.39, 0.29) is 17.5 Å². The molecule has 1 N–H and O–H groups in total. The maximum Gasteiger partial charge on any atom is 0.293 e. The van der Waals surface area contributed by atoms with Crippen molar-refractivity contribution < 1.29 is 4.79 Å². The van der Waals surface area contributed by atoms with Crippen molar-refractivity contribution >= 4 is 11.7 Å². The summed E-state index contributed by atoms with van der Waals surface area (Å²) >= 11 is 0. The summed E-state index contributed by atoms with van der Waals surface area (Å²) in [6.07, 6.45) is 5.04. The van der Waals surface area contributed by atoms with Crippen LogP contribution < -0.4 is 15.8 Å². The first-order valence-electron chi connectivity index (χ1n) is 8.04. The van der Waals surface area contributed by atoms with Gasteiger partial charge in [-0.1, -0.05) is 0 Å². The minimum atomic E-state index is -0.140. The number of aromatic nitrogens is 4. The molecule has 1 fully saturated rings. The minimum absolute atomic E-state index is 0.0202. The number of carbonyl (C=O) groups is 1. The summed E-state index contributed by atoms with van der Waals surface area (Å²) in [5.74, 6) is 0.300. The monoisotopic (exact) mass is 330 g/mol. The maximum absolute atomic E-state index is 12.4. The molecule has 2 aromatic rings. The Balaban J connectivity index is 1.72. The second-order valence-electron chi connectivity index (χ2n) is 6.22. The number of carbonyl (C=O) groups excluding carboxylic acids is 1. The van der Waals surface area contributed by atoms with Crippen LogP contribution in [0.2, 0.25) is 0 Å². The topological polar surface area (TPSA) is 85.0 Å². The Bertz CT molecular complexity index is 809. The van der Waals surface area contributed by atoms with Crippen LogP contribution >= 0.6 is 0 Å². The van der Waals surface area contributed by atoms with Crippen LogP contribution in [0.1, 0.15) is 29.0 Å². The zero-order valence-electron chi connectivity index (χ0n) is 14.2. The zero-order valence-corrected chi connectivity index (χ0v) is 14.2. The molecule has 24 heavy (non-hydrogen) atoms. The summed E-state index contributed by atoms with van der Waals surface area (Å²) in [7, 11) is 3.47. The number of rotatable bonds is 3. The van der Waals surface area contributed by atoms with E-state index in [1.807, 2.05) is 11.8 Å². The van der Waals surface area contributed by atoms with Crippen molar-refractivity contribution in [3.8, 4) is 0 Å². The standard InChI is InChI=1S/C16H22N6O2/c1-11-9-13(21(3)19-11)15(23)18-12-5-4-7-22(10-12)14-16(24)20(2)8-6-17-14/h6,8-9,12H,4-5,7,10H2,1-3H3,(H,18,23)/t12-/m0/s1. The summed E-state index contributed by atoms with van der Waals surface area (Å²) in [4.78, 5) is 30.8. The molecule has 8 nitrogen and oxygen atoms in total. The second-order valence-corrected chi connectivity index (χ2v) is 6.22. The average molecular weight is 330 g/mol. The average Bonchev–Trinajstić information content (AvgIpc) is 2.89. The number of aryl methyl sites for hydroxylation is 3. The van der Waals surface area contributed by atoms with Crippen molar-refractivity contribution in [1.82, 2.24) is 24.6 Å². The summed E-state index contributed by atoms with van der Waals surface area (Å²) in [6, 6.07) is 1.75. The molecule has 2 aromatic heterocycles. The predicted octanol–water partition coefficient (Wildman–Crippen LogP) is 0.221. The molecule has 1 aliphatic rings. The van der Waals surface area contributed by atoms with Gasteiger partial charge in [0.25, 0.3) is 11.5 Å². The number of hydrogen-bond donors (Lipinski definition) is 1. The molecule has 8 heteroatoms. The highest BCUT2D eigenvalue weighted by Crippen LogP contribution is 2.15. The number of amides is 1. The molecule has 0 unspecified atom stereocenters. The predicted molar refractivity (Wildman–Crippen MR) is 90.1 cm³/mol. The van der Waals surface area contributed by atoms with Crippen LogP contribution in [0.3, 0.4) is 0 Å². The van der Waals surface area contributed by atoms with Gasteiger partial charge in [0, 0.05) is 45.6 Å². The van der Waals surface area contributed by atoms with Crippen molar-refractivity contribution in [2.24, 2.45) is 14.1 Å². The van der Waals surface area contributed by atoms with Gasteiger partial charge in [-0.25, -0.2) is 4.98 Å². The van der Waals surface area contributed by atoms with Gasteiger partial charge in [-0.3, -0.25) is 14.3 Å². The van der Waals surface area contributed by atoms with Crippen LogP contribution in [0.15, 0.2) is 23.3 Å². The van der Waals surface area contributed by atoms with Gasteiger partial charge in [-0.2, -0.15) is 5.10 Å². The van der Waals surface area contributed by atoms with Gasteiger partial charge in [0.05, 0.1) is 5.69 Å². The molecule has 3 heterocycles. The fourth-order valence-electron chi connectivity index (χ4n) is 3.07. The molecule has 1 amide bonds. The highest BCUT2D eigenvalue weighted by molar-refractivity contribution is 5.92. The molecular weight excluding hydrogens is 308 g/mol. The van der Waals surface area contributed by atoms with Crippen molar-refractivity contribution in [1.29, 1.82) is 0 Å². The van der Waals surface area contributed by atoms with Crippen molar-refractivity contribution in [3.63, 3.8) is 0 Å². The van der Waals surface area contributed by atoms with Crippen molar-refractivity contribution in [2.75, 3.05) is 18.0 Å². The third-order valence-electron chi connectivity index (χ3n) is 4.29. The first kappa shape index (κ1) is 16.2. The molecule has 1 saturated heterocycles. The van der Waals surface area contributed by atoms with Gasteiger partial charge in [0.15, 0.2) is 5.82 Å². The lowest BCUT2D eigenvalue weighted by Crippen LogP contribution is -2.49. The fraction of sp³-hybridized carbons (Fsp3) is 0.500. The van der Waals surface area contributed by atoms with E-state index in [9.17, 15) is 9.59 Å². The molecule has 128 valence electrons. The van der Waals surface area contributed by atoms with Crippen LogP contribution in [0.5, 0.6) is 0 Å². The van der Waals surface area contributed by atoms with Gasteiger partial charge in [-0.15, -0.1) is 0 Å². The van der Waals surface area contributed by atoms with E-state index in [1.54, 1.807) is 37.2 Å². The number of piperidine rings is 1. The van der Waals surface area contributed by atoms with E-state index in [4.69, 9.17) is 0 Å². The van der Waals surface area contributed by atoms with E-state index >= 15 is 0 Å². The van der Waals surface area contributed by atoms with E-state index < -0.39 is 0 Å². The quantitative estimate of drug-likeness (QED) is 0.870. The first-order chi connectivity index (χ1) is 11.5. The van der Waals surface area contributed by atoms with Crippen molar-refractivity contribution in [2.45, 2.75) is 25.8 Å². The van der Waals surface area contributed by atoms with Gasteiger partial charge >= 0.3 is 0 Å². The number of nitrogens with one attached hydrogen (secondary N) is 1. The van der Waals surface area contributed by atoms with E-state index in [0.717, 1.165) is 25.1 Å². The van der Waals surface area contributed by atoms with Crippen molar-refractivity contribution in [3.05, 3.63) is 40.2 Å². The maximum atomic E-state index is 12.4. The minimum Gasteiger partial charge on any atom is -0.350 e. The Hall–Kier alpha value is -2.64. The SMILES string of the molecule is Cc1cc(C(=O)N[C@H]2CCCN(c3nccn(C)c3=O)C2)n(C)n1. The third kappa shape index (κ3) is 3.17. The molecule has 0 aromatic carbocycles. The molecule has 1 atom stereocenters. The van der Waals surface area contributed by atoms with Gasteiger partial charge in [-0.05, 0) is 25.8 Å². The molecule has 3 rings (SSSR count). The summed E-state index contributed by atoms with van der Waals surface area (Å²) in [5, 5.41) is 7.25. The summed E-state index contributed by atoms with van der Waals surface area (Å²) in [5.41, 5.74) is 1.23. The Morgan fingerprint density at radius 2 is 2.17 bits per heavy atom. The third-order valence-corrected chi connectivity index (χ3v) is 4.29. The van der Waals surface area contributed by atoms with Gasteiger partial charge in [0.2, 0.25) is 0 Å². The summed E-state index contributed by atoms with van der Waals surface area (Å²) < 4.78 is 3.10. The molecule has 0 bridgehead atoms. The number of hydrogen-bond acceptors (Lipinski definition) is 5. The van der Waals surface area contributed by atoms with Crippen LogP contribution in [0.25, 0.3) is 0 Å². The van der Waals surface area contributed by atoms with Crippen LogP contribution in [0.4, 0.5) is 5.82 Å². The lowest BCUT2D eigenvalue weighted by Gasteiger charge is -2.33. The first-order valence-corrected chi connectivity index (χ1v) is 8.04. The lowest BCUT2D eigenvalue weighted by molar-refractivity contribution is 0.0923. The molecule has 0 radical (unpaired) electrons. The lowest BCUT2D eigenvalue weighted by atomic mass is 10.1. The summed E-state index contributed by atoms with van der Waals surface area (Å²) in [6.45, 7) is 3.20. The highest BCUT2D eigenvalue weighted by atomic mass is 16.2. The molecular formula is C16H22N6O2. The van der Waals surface area contributed by atoms with Crippen LogP contribution in [-0.2, 0) is 14.1 Å². The Labute approximate surface area is 140 Å². The van der Waals surface area contributed by atoms with Gasteiger partial charge < -0.3 is 14.8 Å². The van der Waals surface area contributed by atoms with E-state index in [1.165, 1.54) is 4.57 Å². The largest absolute Gasteiger partial charge is 0.350 e. The van der Waals surface area contributed by atoms with Crippen LogP contribution in [-0.4, -0.2) is 44.4 Å². The second kappa shape index (κ2) is 6.46. The van der Waals surface area contributed by atoms with Crippen LogP contribution in [0, 0.1) is 6.92 Å². The number of nitrogens with zero attached hydrogens (tertiary/aromatic N) is 5. The smallest absolute Gasteiger partial charge is 0.293 e. The Morgan fingerprint density at radius 3 is 2.88 bits per heavy atom. The van der Waals surface area contributed by atoms with E-state index in [0.29, 0.717) is 18.1 Å². The fourth-order valence-corrected chi connectivity index (χ4v) is 3.07. The molecule has 0 aliphatic carbocycles. The zero-order chi connectivity index (χ0) is 17.3. The highest BCUT2D eigenvalue weighted by Gasteiger charge is 2.25. The molecule has 1 aliphatic heterocycles. The Kier molecular flexibility index (Phi) is 4.37. The van der Waals surface area contributed by atoms with E-state index in [2.05, 4.69) is 15.4 Å². The molecule has 0 spiro atoms. The molecule has 0 saturated carbocycles. The normalized spacial score (nSPS) is 17.8. The number of anilines is 1. The Morgan fingerprint density at radius 1 is 1.38 bits per heavy atom.